The van der Waals surface area contributed by atoms with Crippen molar-refractivity contribution in [3.63, 3.8) is 0 Å². The minimum atomic E-state index is 0.0247. The van der Waals surface area contributed by atoms with Crippen LogP contribution in [0.25, 0.3) is 11.1 Å². The molecule has 1 aromatic heterocycles. The van der Waals surface area contributed by atoms with E-state index < -0.39 is 0 Å². The van der Waals surface area contributed by atoms with Gasteiger partial charge in [-0.3, -0.25) is 9.59 Å². The average molecular weight is 372 g/mol. The van der Waals surface area contributed by atoms with Gasteiger partial charge in [0.05, 0.1) is 0 Å². The van der Waals surface area contributed by atoms with E-state index in [1.807, 2.05) is 44.4 Å². The van der Waals surface area contributed by atoms with Crippen LogP contribution in [0, 0.1) is 6.92 Å². The Balaban J connectivity index is 1.91. The largest absolute Gasteiger partial charge is 0.318 e. The van der Waals surface area contributed by atoms with Crippen molar-refractivity contribution < 1.29 is 4.79 Å². The summed E-state index contributed by atoms with van der Waals surface area (Å²) in [4.78, 5) is 26.1. The van der Waals surface area contributed by atoms with Crippen molar-refractivity contribution in [2.24, 2.45) is 7.05 Å². The summed E-state index contributed by atoms with van der Waals surface area (Å²) in [5, 5.41) is 0. The van der Waals surface area contributed by atoms with Gasteiger partial charge in [-0.1, -0.05) is 30.3 Å². The van der Waals surface area contributed by atoms with Crippen LogP contribution in [0.3, 0.4) is 0 Å². The molecule has 1 aliphatic rings. The van der Waals surface area contributed by atoms with Crippen LogP contribution in [0.2, 0.25) is 0 Å². The second-order valence-electron chi connectivity index (χ2n) is 7.58. The second kappa shape index (κ2) is 7.12. The number of hydrogen-bond donors (Lipinski definition) is 0. The van der Waals surface area contributed by atoms with Crippen molar-refractivity contribution in [3.05, 3.63) is 87.3 Å². The van der Waals surface area contributed by atoms with E-state index >= 15 is 0 Å². The van der Waals surface area contributed by atoms with E-state index in [2.05, 4.69) is 24.3 Å². The van der Waals surface area contributed by atoms with E-state index in [0.29, 0.717) is 6.42 Å². The Labute approximate surface area is 165 Å². The fourth-order valence-corrected chi connectivity index (χ4v) is 3.99. The SMILES string of the molecule is Cc1cc(-c2cc3c(cc2Cc2ccccc2)N(C)C(=O)CC3)cn(C)c1=O. The summed E-state index contributed by atoms with van der Waals surface area (Å²) >= 11 is 0. The normalized spacial score (nSPS) is 13.5. The van der Waals surface area contributed by atoms with Gasteiger partial charge in [0, 0.05) is 38.0 Å². The van der Waals surface area contributed by atoms with Gasteiger partial charge in [-0.2, -0.15) is 0 Å². The van der Waals surface area contributed by atoms with E-state index in [1.165, 1.54) is 11.1 Å². The summed E-state index contributed by atoms with van der Waals surface area (Å²) in [6, 6.07) is 16.6. The first kappa shape index (κ1) is 18.2. The molecule has 0 N–H and O–H groups in total. The van der Waals surface area contributed by atoms with Crippen LogP contribution in [0.4, 0.5) is 5.69 Å². The predicted molar refractivity (Wildman–Crippen MR) is 113 cm³/mol. The molecule has 1 amide bonds. The highest BCUT2D eigenvalue weighted by Gasteiger charge is 2.23. The number of amides is 1. The molecule has 4 rings (SSSR count). The molecule has 2 heterocycles. The number of pyridine rings is 1. The molecular weight excluding hydrogens is 348 g/mol. The van der Waals surface area contributed by atoms with Gasteiger partial charge in [0.2, 0.25) is 5.91 Å². The average Bonchev–Trinajstić information content (AvgIpc) is 2.69. The number of nitrogens with zero attached hydrogens (tertiary/aromatic N) is 2. The van der Waals surface area contributed by atoms with Crippen LogP contribution < -0.4 is 10.5 Å². The van der Waals surface area contributed by atoms with Crippen molar-refractivity contribution >= 4 is 11.6 Å². The van der Waals surface area contributed by atoms with Crippen molar-refractivity contribution in [2.45, 2.75) is 26.2 Å². The van der Waals surface area contributed by atoms with Crippen LogP contribution in [-0.2, 0) is 24.7 Å². The van der Waals surface area contributed by atoms with Crippen molar-refractivity contribution in [2.75, 3.05) is 11.9 Å². The maximum absolute atomic E-state index is 12.2. The van der Waals surface area contributed by atoms with Gasteiger partial charge in [-0.05, 0) is 65.8 Å². The highest BCUT2D eigenvalue weighted by molar-refractivity contribution is 5.96. The van der Waals surface area contributed by atoms with Crippen molar-refractivity contribution in [1.29, 1.82) is 0 Å². The molecule has 28 heavy (non-hydrogen) atoms. The Morgan fingerprint density at radius 2 is 1.71 bits per heavy atom. The Hall–Kier alpha value is -3.14. The fourth-order valence-electron chi connectivity index (χ4n) is 3.99. The Bertz CT molecular complexity index is 1090. The lowest BCUT2D eigenvalue weighted by Gasteiger charge is -2.28. The summed E-state index contributed by atoms with van der Waals surface area (Å²) < 4.78 is 1.64. The number of aryl methyl sites for hydroxylation is 3. The lowest BCUT2D eigenvalue weighted by atomic mass is 9.89. The summed E-state index contributed by atoms with van der Waals surface area (Å²) in [6.45, 7) is 1.85. The van der Waals surface area contributed by atoms with Crippen LogP contribution in [0.5, 0.6) is 0 Å². The third-order valence-corrected chi connectivity index (χ3v) is 5.56. The third kappa shape index (κ3) is 3.26. The Kier molecular flexibility index (Phi) is 4.63. The quantitative estimate of drug-likeness (QED) is 0.701. The number of benzene rings is 2. The fraction of sp³-hybridized carbons (Fsp3) is 0.250. The zero-order valence-corrected chi connectivity index (χ0v) is 16.5. The minimum absolute atomic E-state index is 0.0247. The number of rotatable bonds is 3. The van der Waals surface area contributed by atoms with Gasteiger partial charge < -0.3 is 9.47 Å². The Morgan fingerprint density at radius 3 is 2.43 bits per heavy atom. The highest BCUT2D eigenvalue weighted by Crippen LogP contribution is 2.35. The topological polar surface area (TPSA) is 42.3 Å². The first-order valence-corrected chi connectivity index (χ1v) is 9.58. The van der Waals surface area contributed by atoms with Gasteiger partial charge in [0.1, 0.15) is 0 Å². The van der Waals surface area contributed by atoms with Crippen molar-refractivity contribution in [1.82, 2.24) is 4.57 Å². The number of hydrogen-bond acceptors (Lipinski definition) is 2. The molecule has 2 aromatic carbocycles. The first-order chi connectivity index (χ1) is 13.4. The third-order valence-electron chi connectivity index (χ3n) is 5.56. The monoisotopic (exact) mass is 372 g/mol. The molecule has 0 atom stereocenters. The number of carbonyl (C=O) groups excluding carboxylic acids is 1. The predicted octanol–water partition coefficient (Wildman–Crippen LogP) is 3.86. The number of fused-ring (bicyclic) bond motifs is 1. The van der Waals surface area contributed by atoms with Gasteiger partial charge in [-0.25, -0.2) is 0 Å². The summed E-state index contributed by atoms with van der Waals surface area (Å²) in [5.74, 6) is 0.156. The first-order valence-electron chi connectivity index (χ1n) is 9.58. The molecule has 0 unspecified atom stereocenters. The highest BCUT2D eigenvalue weighted by atomic mass is 16.2. The molecule has 0 radical (unpaired) electrons. The van der Waals surface area contributed by atoms with Crippen LogP contribution >= 0.6 is 0 Å². The zero-order valence-electron chi connectivity index (χ0n) is 16.5. The summed E-state index contributed by atoms with van der Waals surface area (Å²) in [6.07, 6.45) is 3.96. The smallest absolute Gasteiger partial charge is 0.253 e. The van der Waals surface area contributed by atoms with E-state index in [4.69, 9.17) is 0 Å². The van der Waals surface area contributed by atoms with Crippen molar-refractivity contribution in [3.8, 4) is 11.1 Å². The standard InChI is InChI=1S/C24H24N2O2/c1-16-11-20(15-25(2)24(16)28)21-13-18-9-10-23(27)26(3)22(18)14-19(21)12-17-7-5-4-6-8-17/h4-8,11,13-15H,9-10,12H2,1-3H3. The van der Waals surface area contributed by atoms with Gasteiger partial charge in [0.25, 0.3) is 5.56 Å². The molecule has 0 fully saturated rings. The molecule has 0 saturated heterocycles. The van der Waals surface area contributed by atoms with E-state index in [9.17, 15) is 9.59 Å². The minimum Gasteiger partial charge on any atom is -0.318 e. The van der Waals surface area contributed by atoms with Crippen LogP contribution in [0.15, 0.2) is 59.5 Å². The van der Waals surface area contributed by atoms with E-state index in [-0.39, 0.29) is 11.5 Å². The molecule has 4 nitrogen and oxygen atoms in total. The van der Waals surface area contributed by atoms with Crippen LogP contribution in [-0.4, -0.2) is 17.5 Å². The maximum atomic E-state index is 12.2. The molecule has 0 bridgehead atoms. The lowest BCUT2D eigenvalue weighted by Crippen LogP contribution is -2.31. The number of anilines is 1. The molecule has 0 aliphatic carbocycles. The zero-order chi connectivity index (χ0) is 19.8. The number of carbonyl (C=O) groups is 1. The van der Waals surface area contributed by atoms with E-state index in [0.717, 1.165) is 40.8 Å². The van der Waals surface area contributed by atoms with Gasteiger partial charge in [-0.15, -0.1) is 0 Å². The van der Waals surface area contributed by atoms with E-state index in [1.54, 1.807) is 16.5 Å². The molecule has 1 aliphatic heterocycles. The molecular formula is C24H24N2O2. The van der Waals surface area contributed by atoms with Crippen LogP contribution in [0.1, 0.15) is 28.7 Å². The molecule has 4 heteroatoms. The van der Waals surface area contributed by atoms with Gasteiger partial charge in [0.15, 0.2) is 0 Å². The molecule has 3 aromatic rings. The maximum Gasteiger partial charge on any atom is 0.253 e. The number of aromatic nitrogens is 1. The lowest BCUT2D eigenvalue weighted by molar-refractivity contribution is -0.118. The van der Waals surface area contributed by atoms with Gasteiger partial charge >= 0.3 is 0 Å². The summed E-state index contributed by atoms with van der Waals surface area (Å²) in [5.41, 5.74) is 7.47. The Morgan fingerprint density at radius 1 is 0.964 bits per heavy atom. The molecule has 142 valence electrons. The summed E-state index contributed by atoms with van der Waals surface area (Å²) in [7, 11) is 3.64. The second-order valence-corrected chi connectivity index (χ2v) is 7.58. The molecule has 0 saturated carbocycles. The molecule has 0 spiro atoms.